The minimum absolute atomic E-state index is 0.0922. The second kappa shape index (κ2) is 7.75. The number of nitrogens with zero attached hydrogens (tertiary/aromatic N) is 1. The molecule has 1 unspecified atom stereocenters. The number of hydrogen-bond donors (Lipinski definition) is 1. The Morgan fingerprint density at radius 1 is 1.21 bits per heavy atom. The molecule has 1 fully saturated rings. The van der Waals surface area contributed by atoms with Crippen molar-refractivity contribution in [2.24, 2.45) is 7.05 Å². The van der Waals surface area contributed by atoms with E-state index in [1.807, 2.05) is 11.4 Å². The summed E-state index contributed by atoms with van der Waals surface area (Å²) in [6.07, 6.45) is 2.87. The molecule has 1 amide bonds. The van der Waals surface area contributed by atoms with Gasteiger partial charge in [0.15, 0.2) is 0 Å². The Hall–Kier alpha value is -2.67. The van der Waals surface area contributed by atoms with Gasteiger partial charge >= 0.3 is 5.97 Å². The zero-order chi connectivity index (χ0) is 19.7. The average molecular weight is 400 g/mol. The Kier molecular flexibility index (Phi) is 5.17. The minimum atomic E-state index is -1.12. The number of halogens is 1. The number of esters is 1. The average Bonchev–Trinajstić information content (AvgIpc) is 3.40. The van der Waals surface area contributed by atoms with Gasteiger partial charge in [0.2, 0.25) is 6.10 Å². The molecule has 2 heterocycles. The van der Waals surface area contributed by atoms with E-state index in [0.717, 1.165) is 35.9 Å². The van der Waals surface area contributed by atoms with Gasteiger partial charge in [-0.05, 0) is 42.5 Å². The van der Waals surface area contributed by atoms with Gasteiger partial charge < -0.3 is 14.6 Å². The van der Waals surface area contributed by atoms with Crippen molar-refractivity contribution in [3.8, 4) is 0 Å². The fraction of sp³-hybridized carbons (Fsp3) is 0.333. The van der Waals surface area contributed by atoms with Crippen LogP contribution in [-0.4, -0.2) is 22.5 Å². The summed E-state index contributed by atoms with van der Waals surface area (Å²) in [5.74, 6) is -1.36. The fourth-order valence-corrected chi connectivity index (χ4v) is 4.52. The van der Waals surface area contributed by atoms with Crippen LogP contribution >= 0.6 is 11.3 Å². The molecule has 1 atom stereocenters. The highest BCUT2D eigenvalue weighted by molar-refractivity contribution is 7.17. The Morgan fingerprint density at radius 3 is 2.61 bits per heavy atom. The zero-order valence-corrected chi connectivity index (χ0v) is 16.3. The highest BCUT2D eigenvalue weighted by Crippen LogP contribution is 2.27. The highest BCUT2D eigenvalue weighted by atomic mass is 32.1. The van der Waals surface area contributed by atoms with Crippen molar-refractivity contribution in [3.05, 3.63) is 58.9 Å². The number of amides is 1. The Labute approximate surface area is 166 Å². The molecule has 28 heavy (non-hydrogen) atoms. The van der Waals surface area contributed by atoms with E-state index in [4.69, 9.17) is 4.74 Å². The molecule has 7 heteroatoms. The van der Waals surface area contributed by atoms with E-state index in [1.54, 1.807) is 17.7 Å². The van der Waals surface area contributed by atoms with Crippen LogP contribution in [0.1, 0.15) is 47.8 Å². The van der Waals surface area contributed by atoms with Crippen molar-refractivity contribution < 1.29 is 18.7 Å². The van der Waals surface area contributed by atoms with Gasteiger partial charge in [0.05, 0.1) is 10.2 Å². The van der Waals surface area contributed by atoms with Gasteiger partial charge in [-0.1, -0.05) is 25.0 Å². The Morgan fingerprint density at radius 2 is 1.93 bits per heavy atom. The van der Waals surface area contributed by atoms with Crippen LogP contribution in [0.3, 0.4) is 0 Å². The van der Waals surface area contributed by atoms with Crippen molar-refractivity contribution in [1.29, 1.82) is 0 Å². The maximum Gasteiger partial charge on any atom is 0.356 e. The highest BCUT2D eigenvalue weighted by Gasteiger charge is 2.29. The minimum Gasteiger partial charge on any atom is -0.443 e. The molecule has 1 aliphatic carbocycles. The first-order valence-electron chi connectivity index (χ1n) is 9.32. The number of rotatable bonds is 5. The molecule has 0 saturated heterocycles. The van der Waals surface area contributed by atoms with Crippen molar-refractivity contribution in [2.75, 3.05) is 0 Å². The maximum atomic E-state index is 13.3. The predicted molar refractivity (Wildman–Crippen MR) is 106 cm³/mol. The monoisotopic (exact) mass is 400 g/mol. The number of carbonyl (C=O) groups excluding carboxylic acids is 2. The number of fused-ring (bicyclic) bond motifs is 1. The quantitative estimate of drug-likeness (QED) is 0.649. The fourth-order valence-electron chi connectivity index (χ4n) is 3.67. The van der Waals surface area contributed by atoms with Gasteiger partial charge in [-0.2, -0.15) is 0 Å². The van der Waals surface area contributed by atoms with Crippen LogP contribution in [0.5, 0.6) is 0 Å². The molecular weight excluding hydrogens is 379 g/mol. The van der Waals surface area contributed by atoms with Gasteiger partial charge in [0.1, 0.15) is 11.5 Å². The topological polar surface area (TPSA) is 60.3 Å². The molecule has 1 aliphatic rings. The first-order chi connectivity index (χ1) is 13.5. The third-order valence-corrected chi connectivity index (χ3v) is 6.06. The van der Waals surface area contributed by atoms with E-state index in [0.29, 0.717) is 11.3 Å². The molecule has 146 valence electrons. The van der Waals surface area contributed by atoms with Crippen LogP contribution in [0.2, 0.25) is 0 Å². The number of hydrogen-bond acceptors (Lipinski definition) is 4. The molecule has 0 aliphatic heterocycles. The van der Waals surface area contributed by atoms with Crippen LogP contribution in [0.15, 0.2) is 41.8 Å². The van der Waals surface area contributed by atoms with Crippen LogP contribution < -0.4 is 5.32 Å². The number of aryl methyl sites for hydroxylation is 1. The lowest BCUT2D eigenvalue weighted by atomic mass is 10.1. The van der Waals surface area contributed by atoms with E-state index in [-0.39, 0.29) is 11.9 Å². The summed E-state index contributed by atoms with van der Waals surface area (Å²) in [5.41, 5.74) is 1.76. The number of ether oxygens (including phenoxy) is 1. The molecule has 0 bridgehead atoms. The van der Waals surface area contributed by atoms with Crippen molar-refractivity contribution in [2.45, 2.75) is 37.8 Å². The standard InChI is InChI=1S/C21H21FN2O3S/c1-24-16-10-11-28-18(16)12-17(24)21(26)27-19(13-6-8-14(22)9-7-13)20(25)23-15-4-2-3-5-15/h6-12,15,19H,2-5H2,1H3,(H,23,25). The van der Waals surface area contributed by atoms with Gasteiger partial charge in [0.25, 0.3) is 5.91 Å². The second-order valence-electron chi connectivity index (χ2n) is 7.09. The third-order valence-electron chi connectivity index (χ3n) is 5.21. The van der Waals surface area contributed by atoms with E-state index in [1.165, 1.54) is 35.6 Å². The smallest absolute Gasteiger partial charge is 0.356 e. The molecule has 1 saturated carbocycles. The van der Waals surface area contributed by atoms with Crippen molar-refractivity contribution in [1.82, 2.24) is 9.88 Å². The van der Waals surface area contributed by atoms with Crippen molar-refractivity contribution in [3.63, 3.8) is 0 Å². The molecule has 0 spiro atoms. The number of thiophene rings is 1. The van der Waals surface area contributed by atoms with Crippen LogP contribution in [-0.2, 0) is 16.6 Å². The summed E-state index contributed by atoms with van der Waals surface area (Å²) < 4.78 is 21.7. The summed E-state index contributed by atoms with van der Waals surface area (Å²) >= 11 is 1.53. The number of aromatic nitrogens is 1. The molecule has 1 N–H and O–H groups in total. The molecule has 5 nitrogen and oxygen atoms in total. The van der Waals surface area contributed by atoms with E-state index in [9.17, 15) is 14.0 Å². The Balaban J connectivity index is 1.59. The summed E-state index contributed by atoms with van der Waals surface area (Å²) in [7, 11) is 1.79. The molecule has 4 rings (SSSR count). The Bertz CT molecular complexity index is 1000. The van der Waals surface area contributed by atoms with Gasteiger partial charge in [0, 0.05) is 18.7 Å². The normalized spacial score (nSPS) is 15.6. The van der Waals surface area contributed by atoms with Gasteiger partial charge in [-0.3, -0.25) is 4.79 Å². The first kappa shape index (κ1) is 18.7. The van der Waals surface area contributed by atoms with Crippen LogP contribution in [0.25, 0.3) is 10.2 Å². The van der Waals surface area contributed by atoms with Crippen molar-refractivity contribution >= 4 is 33.4 Å². The lowest BCUT2D eigenvalue weighted by Gasteiger charge is -2.21. The van der Waals surface area contributed by atoms with Crippen LogP contribution in [0.4, 0.5) is 4.39 Å². The summed E-state index contributed by atoms with van der Waals surface area (Å²) in [4.78, 5) is 25.7. The molecule has 2 aromatic heterocycles. The molecular formula is C21H21FN2O3S. The maximum absolute atomic E-state index is 13.3. The summed E-state index contributed by atoms with van der Waals surface area (Å²) in [6.45, 7) is 0. The predicted octanol–water partition coefficient (Wildman–Crippen LogP) is 4.34. The van der Waals surface area contributed by atoms with E-state index in [2.05, 4.69) is 5.32 Å². The van der Waals surface area contributed by atoms with E-state index >= 15 is 0 Å². The lowest BCUT2D eigenvalue weighted by molar-refractivity contribution is -0.131. The van der Waals surface area contributed by atoms with Gasteiger partial charge in [-0.15, -0.1) is 11.3 Å². The molecule has 0 radical (unpaired) electrons. The number of benzene rings is 1. The summed E-state index contributed by atoms with van der Waals surface area (Å²) in [6, 6.07) is 9.26. The summed E-state index contributed by atoms with van der Waals surface area (Å²) in [5, 5.41) is 4.92. The molecule has 1 aromatic carbocycles. The largest absolute Gasteiger partial charge is 0.443 e. The number of nitrogens with one attached hydrogen (secondary N) is 1. The molecule has 3 aromatic rings. The van der Waals surface area contributed by atoms with Gasteiger partial charge in [-0.25, -0.2) is 9.18 Å². The number of carbonyl (C=O) groups is 2. The lowest BCUT2D eigenvalue weighted by Crippen LogP contribution is -2.38. The first-order valence-corrected chi connectivity index (χ1v) is 10.2. The third kappa shape index (κ3) is 3.67. The van der Waals surface area contributed by atoms with E-state index < -0.39 is 17.9 Å². The SMILES string of the molecule is Cn1c(C(=O)OC(C(=O)NC2CCCC2)c2ccc(F)cc2)cc2sccc21. The zero-order valence-electron chi connectivity index (χ0n) is 15.5. The second-order valence-corrected chi connectivity index (χ2v) is 8.03. The van der Waals surface area contributed by atoms with Crippen LogP contribution in [0, 0.1) is 5.82 Å².